The minimum atomic E-state index is -0.781. The number of ether oxygens (including phenoxy) is 1. The van der Waals surface area contributed by atoms with Gasteiger partial charge in [-0.1, -0.05) is 28.1 Å². The van der Waals surface area contributed by atoms with Gasteiger partial charge in [0.25, 0.3) is 11.8 Å². The molecule has 154 valence electrons. The van der Waals surface area contributed by atoms with Crippen LogP contribution in [0.3, 0.4) is 0 Å². The summed E-state index contributed by atoms with van der Waals surface area (Å²) < 4.78 is 5.90. The molecule has 0 aliphatic carbocycles. The number of ketones is 1. The number of carbonyl (C=O) groups is 4. The molecule has 1 aliphatic rings. The maximum absolute atomic E-state index is 12.8. The summed E-state index contributed by atoms with van der Waals surface area (Å²) in [6, 6.07) is 16.3. The fourth-order valence-corrected chi connectivity index (χ4v) is 3.40. The molecule has 2 amide bonds. The van der Waals surface area contributed by atoms with E-state index >= 15 is 0 Å². The molecule has 3 aromatic rings. The Morgan fingerprint density at radius 1 is 0.839 bits per heavy atom. The summed E-state index contributed by atoms with van der Waals surface area (Å²) >= 11 is 3.28. The number of halogens is 1. The molecule has 0 radical (unpaired) electrons. The lowest BCUT2D eigenvalue weighted by Crippen LogP contribution is -2.29. The number of phenols is 1. The van der Waals surface area contributed by atoms with Gasteiger partial charge in [-0.2, -0.15) is 0 Å². The number of amides is 2. The number of hydrogen-bond donors (Lipinski definition) is 1. The highest BCUT2D eigenvalue weighted by atomic mass is 79.9. The molecule has 0 spiro atoms. The molecule has 0 atom stereocenters. The Morgan fingerprint density at radius 3 is 2.13 bits per heavy atom. The molecule has 1 N–H and O–H groups in total. The van der Waals surface area contributed by atoms with Gasteiger partial charge < -0.3 is 9.84 Å². The van der Waals surface area contributed by atoms with Crippen molar-refractivity contribution < 1.29 is 29.0 Å². The minimum absolute atomic E-state index is 0.00285. The van der Waals surface area contributed by atoms with Crippen LogP contribution < -0.4 is 4.90 Å². The molecule has 0 unspecified atom stereocenters. The lowest BCUT2D eigenvalue weighted by Gasteiger charge is -2.13. The van der Waals surface area contributed by atoms with E-state index in [-0.39, 0.29) is 28.2 Å². The summed E-state index contributed by atoms with van der Waals surface area (Å²) in [6.45, 7) is -0.454. The van der Waals surface area contributed by atoms with E-state index in [9.17, 15) is 24.3 Å². The Morgan fingerprint density at radius 2 is 1.45 bits per heavy atom. The molecule has 7 nitrogen and oxygen atoms in total. The predicted octanol–water partition coefficient (Wildman–Crippen LogP) is 4.00. The standard InChI is InChI=1S/C23H14BrNO6/c24-15-4-1-13(2-5-15)20(27)12-31-23(30)14-3-10-18-19(11-14)22(29)25(21(18)28)16-6-8-17(26)9-7-16/h1-11,26H,12H2. The van der Waals surface area contributed by atoms with Crippen molar-refractivity contribution in [1.82, 2.24) is 0 Å². The van der Waals surface area contributed by atoms with Crippen molar-refractivity contribution >= 4 is 45.2 Å². The van der Waals surface area contributed by atoms with Gasteiger partial charge in [0.05, 0.1) is 22.4 Å². The number of fused-ring (bicyclic) bond motifs is 1. The first-order chi connectivity index (χ1) is 14.8. The van der Waals surface area contributed by atoms with Crippen molar-refractivity contribution in [1.29, 1.82) is 0 Å². The highest BCUT2D eigenvalue weighted by Gasteiger charge is 2.37. The van der Waals surface area contributed by atoms with Crippen LogP contribution in [0.2, 0.25) is 0 Å². The van der Waals surface area contributed by atoms with Gasteiger partial charge in [-0.3, -0.25) is 14.4 Å². The van der Waals surface area contributed by atoms with Gasteiger partial charge in [-0.25, -0.2) is 9.69 Å². The zero-order chi connectivity index (χ0) is 22.1. The maximum atomic E-state index is 12.8. The highest BCUT2D eigenvalue weighted by Crippen LogP contribution is 2.30. The first-order valence-corrected chi connectivity index (χ1v) is 9.92. The monoisotopic (exact) mass is 479 g/mol. The van der Waals surface area contributed by atoms with Crippen molar-refractivity contribution in [3.05, 3.63) is 93.5 Å². The normalized spacial score (nSPS) is 12.6. The first-order valence-electron chi connectivity index (χ1n) is 9.13. The number of carbonyl (C=O) groups excluding carboxylic acids is 4. The smallest absolute Gasteiger partial charge is 0.338 e. The summed E-state index contributed by atoms with van der Waals surface area (Å²) in [7, 11) is 0. The fraction of sp³-hybridized carbons (Fsp3) is 0.0435. The topological polar surface area (TPSA) is 101 Å². The Bertz CT molecular complexity index is 1220. The molecule has 0 saturated heterocycles. The fourth-order valence-electron chi connectivity index (χ4n) is 3.14. The van der Waals surface area contributed by atoms with Crippen LogP contribution >= 0.6 is 15.9 Å². The number of benzene rings is 3. The number of hydrogen-bond acceptors (Lipinski definition) is 6. The van der Waals surface area contributed by atoms with Gasteiger partial charge in [-0.15, -0.1) is 0 Å². The molecule has 0 saturated carbocycles. The number of anilines is 1. The second-order valence-corrected chi connectivity index (χ2v) is 7.64. The van der Waals surface area contributed by atoms with E-state index in [2.05, 4.69) is 15.9 Å². The molecule has 0 bridgehead atoms. The molecule has 1 aliphatic heterocycles. The number of Topliss-reactive ketones (excluding diaryl/α,β-unsaturated/α-hetero) is 1. The number of aromatic hydroxyl groups is 1. The van der Waals surface area contributed by atoms with Gasteiger partial charge in [0.2, 0.25) is 0 Å². The average molecular weight is 480 g/mol. The lowest BCUT2D eigenvalue weighted by molar-refractivity contribution is 0.0474. The van der Waals surface area contributed by atoms with E-state index in [0.717, 1.165) is 9.37 Å². The zero-order valence-electron chi connectivity index (χ0n) is 15.9. The molecule has 0 fully saturated rings. The van der Waals surface area contributed by atoms with Crippen LogP contribution in [0, 0.1) is 0 Å². The number of nitrogens with zero attached hydrogens (tertiary/aromatic N) is 1. The number of esters is 1. The summed E-state index contributed by atoms with van der Waals surface area (Å²) in [5.74, 6) is -2.27. The van der Waals surface area contributed by atoms with Crippen molar-refractivity contribution in [2.45, 2.75) is 0 Å². The van der Waals surface area contributed by atoms with Crippen LogP contribution in [0.25, 0.3) is 0 Å². The van der Waals surface area contributed by atoms with Crippen LogP contribution in [-0.4, -0.2) is 35.3 Å². The lowest BCUT2D eigenvalue weighted by atomic mass is 10.1. The Hall–Kier alpha value is -3.78. The van der Waals surface area contributed by atoms with Crippen LogP contribution in [0.5, 0.6) is 5.75 Å². The number of imide groups is 1. The third-order valence-electron chi connectivity index (χ3n) is 4.73. The summed E-state index contributed by atoms with van der Waals surface area (Å²) in [6.07, 6.45) is 0. The molecule has 4 rings (SSSR count). The van der Waals surface area contributed by atoms with Crippen molar-refractivity contribution in [3.63, 3.8) is 0 Å². The Balaban J connectivity index is 1.50. The van der Waals surface area contributed by atoms with Crippen LogP contribution in [-0.2, 0) is 4.74 Å². The molecule has 8 heteroatoms. The summed E-state index contributed by atoms with van der Waals surface area (Å²) in [5, 5.41) is 9.41. The van der Waals surface area contributed by atoms with Gasteiger partial charge in [0.1, 0.15) is 5.75 Å². The quantitative estimate of drug-likeness (QED) is 0.337. The van der Waals surface area contributed by atoms with Crippen molar-refractivity contribution in [3.8, 4) is 5.75 Å². The number of rotatable bonds is 5. The van der Waals surface area contributed by atoms with Crippen molar-refractivity contribution in [2.75, 3.05) is 11.5 Å². The summed E-state index contributed by atoms with van der Waals surface area (Å²) in [4.78, 5) is 51.0. The van der Waals surface area contributed by atoms with Gasteiger partial charge in [-0.05, 0) is 54.6 Å². The largest absolute Gasteiger partial charge is 0.508 e. The van der Waals surface area contributed by atoms with E-state index < -0.39 is 24.4 Å². The molecular weight excluding hydrogens is 466 g/mol. The second-order valence-electron chi connectivity index (χ2n) is 6.73. The maximum Gasteiger partial charge on any atom is 0.338 e. The van der Waals surface area contributed by atoms with Gasteiger partial charge >= 0.3 is 5.97 Å². The van der Waals surface area contributed by atoms with Crippen LogP contribution in [0.15, 0.2) is 71.2 Å². The van der Waals surface area contributed by atoms with E-state index in [1.54, 1.807) is 24.3 Å². The number of phenolic OH excluding ortho intramolecular Hbond substituents is 1. The van der Waals surface area contributed by atoms with Gasteiger partial charge in [0.15, 0.2) is 12.4 Å². The highest BCUT2D eigenvalue weighted by molar-refractivity contribution is 9.10. The SMILES string of the molecule is O=C(COC(=O)c1ccc2c(c1)C(=O)N(c1ccc(O)cc1)C2=O)c1ccc(Br)cc1. The third kappa shape index (κ3) is 3.97. The summed E-state index contributed by atoms with van der Waals surface area (Å²) in [5.41, 5.74) is 0.965. The molecule has 3 aromatic carbocycles. The molecule has 0 aromatic heterocycles. The molecule has 31 heavy (non-hydrogen) atoms. The van der Waals surface area contributed by atoms with Crippen LogP contribution in [0.4, 0.5) is 5.69 Å². The average Bonchev–Trinajstić information content (AvgIpc) is 3.02. The van der Waals surface area contributed by atoms with E-state index in [1.165, 1.54) is 42.5 Å². The van der Waals surface area contributed by atoms with Crippen molar-refractivity contribution in [2.24, 2.45) is 0 Å². The Labute approximate surface area is 185 Å². The van der Waals surface area contributed by atoms with E-state index in [0.29, 0.717) is 11.3 Å². The predicted molar refractivity (Wildman–Crippen MR) is 114 cm³/mol. The molecule has 1 heterocycles. The molecular formula is C23H14BrNO6. The second kappa shape index (κ2) is 8.16. The van der Waals surface area contributed by atoms with Crippen LogP contribution in [0.1, 0.15) is 41.4 Å². The van der Waals surface area contributed by atoms with Gasteiger partial charge in [0, 0.05) is 10.0 Å². The first kappa shape index (κ1) is 20.5. The third-order valence-corrected chi connectivity index (χ3v) is 5.26. The van der Waals surface area contributed by atoms with E-state index in [1.807, 2.05) is 0 Å². The zero-order valence-corrected chi connectivity index (χ0v) is 17.5. The Kier molecular flexibility index (Phi) is 5.39. The van der Waals surface area contributed by atoms with E-state index in [4.69, 9.17) is 4.74 Å². The minimum Gasteiger partial charge on any atom is -0.508 e.